The lowest BCUT2D eigenvalue weighted by atomic mass is 10.1. The van der Waals surface area contributed by atoms with Gasteiger partial charge in [0.15, 0.2) is 0 Å². The molecular weight excluding hydrogens is 358 g/mol. The number of hydrogen-bond donors (Lipinski definition) is 1. The minimum atomic E-state index is -0.604. The number of furan rings is 1. The number of rotatable bonds is 6. The highest BCUT2D eigenvalue weighted by atomic mass is 32.1. The van der Waals surface area contributed by atoms with E-state index < -0.39 is 17.8 Å². The van der Waals surface area contributed by atoms with Crippen LogP contribution >= 0.6 is 11.3 Å². The number of aryl methyl sites for hydroxylation is 2. The highest BCUT2D eigenvalue weighted by Crippen LogP contribution is 2.35. The quantitative estimate of drug-likeness (QED) is 0.766. The summed E-state index contributed by atoms with van der Waals surface area (Å²) in [6.07, 6.45) is 0. The molecule has 1 amide bonds. The third-order valence-electron chi connectivity index (χ3n) is 3.60. The van der Waals surface area contributed by atoms with Crippen molar-refractivity contribution in [3.63, 3.8) is 0 Å². The van der Waals surface area contributed by atoms with Crippen molar-refractivity contribution in [2.75, 3.05) is 18.5 Å². The summed E-state index contributed by atoms with van der Waals surface area (Å²) >= 11 is 0.986. The molecule has 0 unspecified atom stereocenters. The minimum Gasteiger partial charge on any atom is -0.466 e. The molecule has 0 aromatic carbocycles. The van der Waals surface area contributed by atoms with Crippen LogP contribution in [-0.4, -0.2) is 31.1 Å². The van der Waals surface area contributed by atoms with Gasteiger partial charge in [0, 0.05) is 0 Å². The molecule has 1 N–H and O–H groups in total. The second kappa shape index (κ2) is 8.18. The van der Waals surface area contributed by atoms with Crippen molar-refractivity contribution in [1.82, 2.24) is 0 Å². The van der Waals surface area contributed by atoms with Crippen LogP contribution in [0.3, 0.4) is 0 Å². The number of nitrogens with one attached hydrogen (secondary N) is 1. The Kier molecular flexibility index (Phi) is 6.20. The van der Waals surface area contributed by atoms with Crippen LogP contribution in [-0.2, 0) is 9.47 Å². The molecule has 2 rings (SSSR count). The van der Waals surface area contributed by atoms with Gasteiger partial charge < -0.3 is 19.2 Å². The lowest BCUT2D eigenvalue weighted by molar-refractivity contribution is 0.0527. The normalized spacial score (nSPS) is 10.5. The third-order valence-corrected chi connectivity index (χ3v) is 4.79. The summed E-state index contributed by atoms with van der Waals surface area (Å²) in [6, 6.07) is 1.61. The van der Waals surface area contributed by atoms with Crippen molar-refractivity contribution in [2.45, 2.75) is 34.6 Å². The summed E-state index contributed by atoms with van der Waals surface area (Å²) in [7, 11) is 0. The standard InChI is InChI=1S/C18H21NO6S/c1-6-23-17(21)13-10(4)14(18(22)24-7-2)26-16(13)19-15(20)12-8-9(3)25-11(12)5/h8H,6-7H2,1-5H3,(H,19,20). The van der Waals surface area contributed by atoms with Gasteiger partial charge in [0.2, 0.25) is 0 Å². The van der Waals surface area contributed by atoms with Gasteiger partial charge in [-0.15, -0.1) is 11.3 Å². The van der Waals surface area contributed by atoms with E-state index >= 15 is 0 Å². The van der Waals surface area contributed by atoms with Crippen molar-refractivity contribution in [3.8, 4) is 0 Å². The van der Waals surface area contributed by atoms with E-state index in [1.807, 2.05) is 0 Å². The number of anilines is 1. The van der Waals surface area contributed by atoms with E-state index in [1.165, 1.54) is 0 Å². The van der Waals surface area contributed by atoms with Gasteiger partial charge in [0.25, 0.3) is 5.91 Å². The first-order chi connectivity index (χ1) is 12.3. The van der Waals surface area contributed by atoms with E-state index in [9.17, 15) is 14.4 Å². The predicted molar refractivity (Wildman–Crippen MR) is 97.1 cm³/mol. The molecule has 140 valence electrons. The Bertz CT molecular complexity index is 848. The van der Waals surface area contributed by atoms with E-state index in [1.54, 1.807) is 40.7 Å². The molecule has 0 aliphatic carbocycles. The smallest absolute Gasteiger partial charge is 0.348 e. The second-order valence-electron chi connectivity index (χ2n) is 5.48. The second-order valence-corrected chi connectivity index (χ2v) is 6.50. The van der Waals surface area contributed by atoms with E-state index in [-0.39, 0.29) is 28.7 Å². The Balaban J connectivity index is 2.43. The fourth-order valence-electron chi connectivity index (χ4n) is 2.47. The van der Waals surface area contributed by atoms with Crippen LogP contribution in [0.2, 0.25) is 0 Å². The number of thiophene rings is 1. The minimum absolute atomic E-state index is 0.158. The molecule has 0 fully saturated rings. The van der Waals surface area contributed by atoms with E-state index in [0.717, 1.165) is 11.3 Å². The summed E-state index contributed by atoms with van der Waals surface area (Å²) in [6.45, 7) is 8.80. The molecule has 0 radical (unpaired) electrons. The molecule has 0 saturated heterocycles. The average Bonchev–Trinajstić information content (AvgIpc) is 3.07. The van der Waals surface area contributed by atoms with Crippen LogP contribution in [0.25, 0.3) is 0 Å². The number of ether oxygens (including phenoxy) is 2. The molecule has 0 saturated carbocycles. The first-order valence-corrected chi connectivity index (χ1v) is 8.97. The van der Waals surface area contributed by atoms with Crippen LogP contribution in [0.15, 0.2) is 10.5 Å². The molecule has 2 aromatic heterocycles. The summed E-state index contributed by atoms with van der Waals surface area (Å²) in [5.41, 5.74) is 0.939. The topological polar surface area (TPSA) is 94.8 Å². The van der Waals surface area contributed by atoms with Crippen molar-refractivity contribution >= 4 is 34.2 Å². The maximum absolute atomic E-state index is 12.6. The summed E-state index contributed by atoms with van der Waals surface area (Å²) in [5, 5.41) is 2.93. The summed E-state index contributed by atoms with van der Waals surface area (Å²) < 4.78 is 15.4. The van der Waals surface area contributed by atoms with Crippen molar-refractivity contribution in [1.29, 1.82) is 0 Å². The van der Waals surface area contributed by atoms with Crippen LogP contribution in [0.1, 0.15) is 61.3 Å². The maximum atomic E-state index is 12.6. The lowest BCUT2D eigenvalue weighted by Crippen LogP contribution is -2.15. The Morgan fingerprint density at radius 3 is 2.23 bits per heavy atom. The largest absolute Gasteiger partial charge is 0.466 e. The van der Waals surface area contributed by atoms with Crippen molar-refractivity contribution < 1.29 is 28.3 Å². The lowest BCUT2D eigenvalue weighted by Gasteiger charge is -2.06. The number of amides is 1. The third kappa shape index (κ3) is 3.96. The maximum Gasteiger partial charge on any atom is 0.348 e. The molecule has 0 aliphatic heterocycles. The molecule has 8 heteroatoms. The zero-order valence-corrected chi connectivity index (χ0v) is 16.2. The van der Waals surface area contributed by atoms with Gasteiger partial charge in [-0.05, 0) is 46.2 Å². The van der Waals surface area contributed by atoms with Gasteiger partial charge in [-0.25, -0.2) is 9.59 Å². The average molecular weight is 379 g/mol. The first-order valence-electron chi connectivity index (χ1n) is 8.16. The molecule has 0 aliphatic rings. The fraction of sp³-hybridized carbons (Fsp3) is 0.389. The van der Waals surface area contributed by atoms with Gasteiger partial charge >= 0.3 is 11.9 Å². The molecule has 0 spiro atoms. The van der Waals surface area contributed by atoms with E-state index in [2.05, 4.69) is 5.32 Å². The van der Waals surface area contributed by atoms with Crippen LogP contribution in [0.5, 0.6) is 0 Å². The summed E-state index contributed by atoms with van der Waals surface area (Å²) in [5.74, 6) is -0.505. The first kappa shape index (κ1) is 19.7. The zero-order valence-electron chi connectivity index (χ0n) is 15.3. The molecule has 2 aromatic rings. The molecule has 26 heavy (non-hydrogen) atoms. The molecule has 0 bridgehead atoms. The molecule has 0 atom stereocenters. The Morgan fingerprint density at radius 2 is 1.69 bits per heavy atom. The Hall–Kier alpha value is -2.61. The van der Waals surface area contributed by atoms with Crippen LogP contribution in [0.4, 0.5) is 5.00 Å². The molecule has 2 heterocycles. The number of esters is 2. The number of hydrogen-bond acceptors (Lipinski definition) is 7. The van der Waals surface area contributed by atoms with E-state index in [0.29, 0.717) is 22.6 Å². The van der Waals surface area contributed by atoms with Crippen molar-refractivity contribution in [3.05, 3.63) is 39.2 Å². The van der Waals surface area contributed by atoms with Gasteiger partial charge in [0.05, 0.1) is 24.3 Å². The van der Waals surface area contributed by atoms with Gasteiger partial charge in [0.1, 0.15) is 21.4 Å². The molecular formula is C18H21NO6S. The van der Waals surface area contributed by atoms with Gasteiger partial charge in [-0.2, -0.15) is 0 Å². The Labute approximate surface area is 155 Å². The van der Waals surface area contributed by atoms with Crippen molar-refractivity contribution in [2.24, 2.45) is 0 Å². The van der Waals surface area contributed by atoms with Crippen LogP contribution < -0.4 is 5.32 Å². The number of carbonyl (C=O) groups excluding carboxylic acids is 3. The fourth-order valence-corrected chi connectivity index (χ4v) is 3.55. The highest BCUT2D eigenvalue weighted by Gasteiger charge is 2.28. The summed E-state index contributed by atoms with van der Waals surface area (Å²) in [4.78, 5) is 37.3. The monoisotopic (exact) mass is 379 g/mol. The highest BCUT2D eigenvalue weighted by molar-refractivity contribution is 7.18. The van der Waals surface area contributed by atoms with Gasteiger partial charge in [-0.3, -0.25) is 4.79 Å². The zero-order chi connectivity index (χ0) is 19.4. The van der Waals surface area contributed by atoms with Crippen LogP contribution in [0, 0.1) is 20.8 Å². The SMILES string of the molecule is CCOC(=O)c1sc(NC(=O)c2cc(C)oc2C)c(C(=O)OCC)c1C. The van der Waals surface area contributed by atoms with Gasteiger partial charge in [-0.1, -0.05) is 0 Å². The molecule has 7 nitrogen and oxygen atoms in total. The predicted octanol–water partition coefficient (Wildman–Crippen LogP) is 3.87. The Morgan fingerprint density at radius 1 is 1.08 bits per heavy atom. The number of carbonyl (C=O) groups is 3. The van der Waals surface area contributed by atoms with E-state index in [4.69, 9.17) is 13.9 Å².